The number of nitrogens with zero attached hydrogens (tertiary/aromatic N) is 1. The third-order valence-electron chi connectivity index (χ3n) is 5.37. The predicted molar refractivity (Wildman–Crippen MR) is 86.6 cm³/mol. The second kappa shape index (κ2) is 5.98. The quantitative estimate of drug-likeness (QED) is 0.901. The van der Waals surface area contributed by atoms with Gasteiger partial charge in [0.15, 0.2) is 0 Å². The summed E-state index contributed by atoms with van der Waals surface area (Å²) < 4.78 is 5.37. The molecule has 2 unspecified atom stereocenters. The van der Waals surface area contributed by atoms with Gasteiger partial charge in [0.1, 0.15) is 5.75 Å². The zero-order valence-corrected chi connectivity index (χ0v) is 13.6. The van der Waals surface area contributed by atoms with Crippen LogP contribution in [0.5, 0.6) is 5.75 Å². The molecule has 21 heavy (non-hydrogen) atoms. The van der Waals surface area contributed by atoms with Crippen LogP contribution >= 0.6 is 0 Å². The Morgan fingerprint density at radius 2 is 2.19 bits per heavy atom. The molecule has 3 heteroatoms. The average molecular weight is 288 g/mol. The number of hydrogen-bond acceptors (Lipinski definition) is 3. The van der Waals surface area contributed by atoms with Crippen LogP contribution in [0.3, 0.4) is 0 Å². The summed E-state index contributed by atoms with van der Waals surface area (Å²) in [5, 5.41) is 3.75. The Kier molecular flexibility index (Phi) is 4.23. The molecule has 1 aromatic carbocycles. The van der Waals surface area contributed by atoms with Crippen LogP contribution in [-0.2, 0) is 6.54 Å². The molecule has 0 radical (unpaired) electrons. The molecule has 1 aliphatic heterocycles. The van der Waals surface area contributed by atoms with Gasteiger partial charge in [-0.05, 0) is 49.8 Å². The lowest BCUT2D eigenvalue weighted by Gasteiger charge is -2.48. The van der Waals surface area contributed by atoms with E-state index in [0.29, 0.717) is 11.6 Å². The molecular weight excluding hydrogens is 260 g/mol. The van der Waals surface area contributed by atoms with Gasteiger partial charge in [0.25, 0.3) is 0 Å². The minimum absolute atomic E-state index is 0.314. The Morgan fingerprint density at radius 3 is 2.86 bits per heavy atom. The highest BCUT2D eigenvalue weighted by atomic mass is 16.5. The highest BCUT2D eigenvalue weighted by molar-refractivity contribution is 5.28. The van der Waals surface area contributed by atoms with E-state index < -0.39 is 0 Å². The van der Waals surface area contributed by atoms with Crippen molar-refractivity contribution in [3.05, 3.63) is 29.8 Å². The van der Waals surface area contributed by atoms with Gasteiger partial charge in [-0.3, -0.25) is 4.90 Å². The smallest absolute Gasteiger partial charge is 0.119 e. The molecule has 0 spiro atoms. The van der Waals surface area contributed by atoms with E-state index in [9.17, 15) is 0 Å². The van der Waals surface area contributed by atoms with Gasteiger partial charge in [0.05, 0.1) is 7.11 Å². The third-order valence-corrected chi connectivity index (χ3v) is 5.37. The van der Waals surface area contributed by atoms with E-state index in [0.717, 1.165) is 31.3 Å². The van der Waals surface area contributed by atoms with Crippen molar-refractivity contribution in [2.24, 2.45) is 5.92 Å². The molecule has 2 atom stereocenters. The normalized spacial score (nSPS) is 30.3. The Hall–Kier alpha value is -1.06. The van der Waals surface area contributed by atoms with Crippen molar-refractivity contribution in [3.63, 3.8) is 0 Å². The lowest BCUT2D eigenvalue weighted by atomic mass is 9.88. The summed E-state index contributed by atoms with van der Waals surface area (Å²) in [6.07, 6.45) is 3.99. The van der Waals surface area contributed by atoms with E-state index in [1.807, 2.05) is 6.07 Å². The molecular formula is C18H28N2O. The van der Waals surface area contributed by atoms with Crippen molar-refractivity contribution in [2.75, 3.05) is 20.2 Å². The zero-order valence-electron chi connectivity index (χ0n) is 13.6. The van der Waals surface area contributed by atoms with Gasteiger partial charge in [-0.1, -0.05) is 19.1 Å². The first-order chi connectivity index (χ1) is 10.2. The summed E-state index contributed by atoms with van der Waals surface area (Å²) in [7, 11) is 1.74. The highest BCUT2D eigenvalue weighted by Gasteiger charge is 2.47. The van der Waals surface area contributed by atoms with Crippen molar-refractivity contribution in [2.45, 2.75) is 51.2 Å². The summed E-state index contributed by atoms with van der Waals surface area (Å²) in [6, 6.07) is 9.15. The number of nitrogens with one attached hydrogen (secondary N) is 1. The van der Waals surface area contributed by atoms with Gasteiger partial charge in [-0.15, -0.1) is 0 Å². The van der Waals surface area contributed by atoms with E-state index in [1.54, 1.807) is 7.11 Å². The van der Waals surface area contributed by atoms with Crippen molar-refractivity contribution in [1.82, 2.24) is 10.2 Å². The largest absolute Gasteiger partial charge is 0.497 e. The van der Waals surface area contributed by atoms with Crippen LogP contribution in [0.25, 0.3) is 0 Å². The Morgan fingerprint density at radius 1 is 1.38 bits per heavy atom. The fourth-order valence-corrected chi connectivity index (χ4v) is 3.62. The van der Waals surface area contributed by atoms with Gasteiger partial charge >= 0.3 is 0 Å². The molecule has 1 aliphatic carbocycles. The standard InChI is InChI=1S/C18H28N2O/c1-4-16-12-20(18(2,13-19-16)15-8-9-15)11-14-6-5-7-17(10-14)21-3/h5-7,10,15-16,19H,4,8-9,11-13H2,1-3H3. The van der Waals surface area contributed by atoms with E-state index in [1.165, 1.54) is 24.8 Å². The summed E-state index contributed by atoms with van der Waals surface area (Å²) in [4.78, 5) is 2.71. The molecule has 116 valence electrons. The lowest BCUT2D eigenvalue weighted by molar-refractivity contribution is 0.0270. The second-order valence-electron chi connectivity index (χ2n) is 6.85. The summed E-state index contributed by atoms with van der Waals surface area (Å²) in [6.45, 7) is 8.04. The summed E-state index contributed by atoms with van der Waals surface area (Å²) >= 11 is 0. The number of ether oxygens (including phenoxy) is 1. The summed E-state index contributed by atoms with van der Waals surface area (Å²) in [5.74, 6) is 1.83. The van der Waals surface area contributed by atoms with Crippen LogP contribution in [0.2, 0.25) is 0 Å². The first-order valence-corrected chi connectivity index (χ1v) is 8.27. The van der Waals surface area contributed by atoms with E-state index in [2.05, 4.69) is 42.3 Å². The maximum atomic E-state index is 5.37. The molecule has 2 aliphatic rings. The first kappa shape index (κ1) is 14.9. The average Bonchev–Trinajstić information content (AvgIpc) is 3.35. The molecule has 1 aromatic rings. The Bertz CT molecular complexity index is 486. The molecule has 0 bridgehead atoms. The van der Waals surface area contributed by atoms with Crippen LogP contribution in [0.1, 0.15) is 38.7 Å². The number of methoxy groups -OCH3 is 1. The fraction of sp³-hybridized carbons (Fsp3) is 0.667. The number of hydrogen-bond donors (Lipinski definition) is 1. The van der Waals surface area contributed by atoms with Gasteiger partial charge in [0, 0.05) is 31.2 Å². The summed E-state index contributed by atoms with van der Waals surface area (Å²) in [5.41, 5.74) is 1.67. The monoisotopic (exact) mass is 288 g/mol. The van der Waals surface area contributed by atoms with E-state index in [4.69, 9.17) is 4.74 Å². The van der Waals surface area contributed by atoms with Crippen molar-refractivity contribution in [1.29, 1.82) is 0 Å². The topological polar surface area (TPSA) is 24.5 Å². The van der Waals surface area contributed by atoms with Crippen LogP contribution in [0, 0.1) is 5.92 Å². The lowest BCUT2D eigenvalue weighted by Crippen LogP contribution is -2.63. The van der Waals surface area contributed by atoms with E-state index >= 15 is 0 Å². The Balaban J connectivity index is 1.78. The number of rotatable bonds is 5. The van der Waals surface area contributed by atoms with Crippen molar-refractivity contribution >= 4 is 0 Å². The maximum absolute atomic E-state index is 5.37. The van der Waals surface area contributed by atoms with Crippen molar-refractivity contribution < 1.29 is 4.74 Å². The molecule has 1 saturated carbocycles. The SMILES string of the molecule is CCC1CN(Cc2cccc(OC)c2)C(C)(C2CC2)CN1. The van der Waals surface area contributed by atoms with E-state index in [-0.39, 0.29) is 0 Å². The zero-order chi connectivity index (χ0) is 14.9. The van der Waals surface area contributed by atoms with Gasteiger partial charge < -0.3 is 10.1 Å². The highest BCUT2D eigenvalue weighted by Crippen LogP contribution is 2.44. The minimum Gasteiger partial charge on any atom is -0.497 e. The fourth-order valence-electron chi connectivity index (χ4n) is 3.62. The minimum atomic E-state index is 0.314. The number of benzene rings is 1. The first-order valence-electron chi connectivity index (χ1n) is 8.27. The van der Waals surface area contributed by atoms with Crippen LogP contribution in [-0.4, -0.2) is 36.7 Å². The molecule has 1 N–H and O–H groups in total. The van der Waals surface area contributed by atoms with Crippen LogP contribution < -0.4 is 10.1 Å². The Labute approximate surface area is 128 Å². The van der Waals surface area contributed by atoms with Gasteiger partial charge in [-0.25, -0.2) is 0 Å². The molecule has 0 amide bonds. The van der Waals surface area contributed by atoms with Crippen molar-refractivity contribution in [3.8, 4) is 5.75 Å². The maximum Gasteiger partial charge on any atom is 0.119 e. The van der Waals surface area contributed by atoms with Gasteiger partial charge in [0.2, 0.25) is 0 Å². The van der Waals surface area contributed by atoms with Gasteiger partial charge in [-0.2, -0.15) is 0 Å². The molecule has 3 rings (SSSR count). The second-order valence-corrected chi connectivity index (χ2v) is 6.85. The molecule has 0 aromatic heterocycles. The molecule has 2 fully saturated rings. The molecule has 1 saturated heterocycles. The molecule has 3 nitrogen and oxygen atoms in total. The third kappa shape index (κ3) is 3.09. The molecule has 1 heterocycles. The number of piperazine rings is 1. The van der Waals surface area contributed by atoms with Crippen LogP contribution in [0.15, 0.2) is 24.3 Å². The predicted octanol–water partition coefficient (Wildman–Crippen LogP) is 3.05. The van der Waals surface area contributed by atoms with Crippen LogP contribution in [0.4, 0.5) is 0 Å².